The van der Waals surface area contributed by atoms with Crippen molar-refractivity contribution >= 4 is 40.2 Å². The summed E-state index contributed by atoms with van der Waals surface area (Å²) in [6.45, 7) is 2.94. The molecule has 0 aliphatic carbocycles. The zero-order chi connectivity index (χ0) is 15.8. The first-order valence-electron chi connectivity index (χ1n) is 6.90. The van der Waals surface area contributed by atoms with Crippen LogP contribution in [0.2, 0.25) is 0 Å². The van der Waals surface area contributed by atoms with E-state index in [2.05, 4.69) is 21.2 Å². The molecule has 124 valence electrons. The Bertz CT molecular complexity index is 499. The maximum atomic E-state index is 12.0. The molecule has 1 unspecified atom stereocenters. The zero-order valence-corrected chi connectivity index (χ0v) is 15.2. The number of nitrogens with zero attached hydrogens (tertiary/aromatic N) is 1. The Morgan fingerprint density at radius 1 is 1.36 bits per heavy atom. The van der Waals surface area contributed by atoms with Gasteiger partial charge in [0.15, 0.2) is 0 Å². The van der Waals surface area contributed by atoms with E-state index >= 15 is 0 Å². The van der Waals surface area contributed by atoms with E-state index in [9.17, 15) is 9.59 Å². The number of hydrogen-bond acceptors (Lipinski definition) is 3. The molecule has 0 radical (unpaired) electrons. The third-order valence-electron chi connectivity index (χ3n) is 3.23. The third-order valence-corrected chi connectivity index (χ3v) is 4.00. The lowest BCUT2D eigenvalue weighted by atomic mass is 10.1. The second-order valence-electron chi connectivity index (χ2n) is 5.02. The standard InChI is InChI=1S/C15H22BrN3O2.ClH/c1-11(9-17)15(21)18-8-7-14(20)19(2)10-12-5-3-4-6-13(12)16;/h3-6,11H,7-10,17H2,1-2H3,(H,18,21);1H. The minimum absolute atomic E-state index is 0. The zero-order valence-electron chi connectivity index (χ0n) is 12.8. The van der Waals surface area contributed by atoms with Crippen LogP contribution in [0.3, 0.4) is 0 Å². The van der Waals surface area contributed by atoms with Crippen LogP contribution < -0.4 is 11.1 Å². The van der Waals surface area contributed by atoms with E-state index in [-0.39, 0.29) is 36.6 Å². The second-order valence-corrected chi connectivity index (χ2v) is 5.87. The van der Waals surface area contributed by atoms with E-state index in [4.69, 9.17) is 5.73 Å². The highest BCUT2D eigenvalue weighted by Crippen LogP contribution is 2.17. The molecule has 0 spiro atoms. The van der Waals surface area contributed by atoms with E-state index in [1.807, 2.05) is 24.3 Å². The molecule has 7 heteroatoms. The predicted octanol–water partition coefficient (Wildman–Crippen LogP) is 1.93. The monoisotopic (exact) mass is 391 g/mol. The van der Waals surface area contributed by atoms with Crippen molar-refractivity contribution in [3.8, 4) is 0 Å². The van der Waals surface area contributed by atoms with Crippen molar-refractivity contribution in [2.45, 2.75) is 19.9 Å². The molecule has 3 N–H and O–H groups in total. The van der Waals surface area contributed by atoms with Gasteiger partial charge in [-0.1, -0.05) is 41.1 Å². The molecule has 0 saturated heterocycles. The molecule has 0 saturated carbocycles. The van der Waals surface area contributed by atoms with Crippen LogP contribution in [-0.4, -0.2) is 36.9 Å². The van der Waals surface area contributed by atoms with Crippen molar-refractivity contribution in [3.63, 3.8) is 0 Å². The molecule has 1 aromatic carbocycles. The fourth-order valence-electron chi connectivity index (χ4n) is 1.74. The summed E-state index contributed by atoms with van der Waals surface area (Å²) in [6, 6.07) is 7.79. The Balaban J connectivity index is 0.00000441. The topological polar surface area (TPSA) is 75.4 Å². The number of rotatable bonds is 7. The molecule has 5 nitrogen and oxygen atoms in total. The summed E-state index contributed by atoms with van der Waals surface area (Å²) in [7, 11) is 1.76. The quantitative estimate of drug-likeness (QED) is 0.744. The van der Waals surface area contributed by atoms with Crippen molar-refractivity contribution in [1.82, 2.24) is 10.2 Å². The van der Waals surface area contributed by atoms with Crippen LogP contribution in [0.5, 0.6) is 0 Å². The van der Waals surface area contributed by atoms with Gasteiger partial charge < -0.3 is 16.0 Å². The Morgan fingerprint density at radius 3 is 2.59 bits per heavy atom. The fourth-order valence-corrected chi connectivity index (χ4v) is 2.15. The van der Waals surface area contributed by atoms with Gasteiger partial charge in [0.2, 0.25) is 11.8 Å². The molecule has 0 heterocycles. The van der Waals surface area contributed by atoms with Crippen molar-refractivity contribution in [1.29, 1.82) is 0 Å². The van der Waals surface area contributed by atoms with Crippen molar-refractivity contribution < 1.29 is 9.59 Å². The van der Waals surface area contributed by atoms with E-state index in [1.165, 1.54) is 0 Å². The summed E-state index contributed by atoms with van der Waals surface area (Å²) in [6.07, 6.45) is 0.282. The molecule has 22 heavy (non-hydrogen) atoms. The van der Waals surface area contributed by atoms with Crippen LogP contribution in [0.15, 0.2) is 28.7 Å². The summed E-state index contributed by atoms with van der Waals surface area (Å²) in [5.41, 5.74) is 6.46. The molecule has 0 bridgehead atoms. The van der Waals surface area contributed by atoms with Crippen molar-refractivity contribution in [2.24, 2.45) is 11.7 Å². The highest BCUT2D eigenvalue weighted by atomic mass is 79.9. The number of nitrogens with one attached hydrogen (secondary N) is 1. The van der Waals surface area contributed by atoms with Gasteiger partial charge in [0.1, 0.15) is 0 Å². The van der Waals surface area contributed by atoms with Crippen LogP contribution in [0, 0.1) is 5.92 Å². The molecule has 0 aromatic heterocycles. The van der Waals surface area contributed by atoms with E-state index in [1.54, 1.807) is 18.9 Å². The summed E-state index contributed by atoms with van der Waals surface area (Å²) >= 11 is 3.46. The Hall–Kier alpha value is -1.11. The number of carbonyl (C=O) groups excluding carboxylic acids is 2. The highest BCUT2D eigenvalue weighted by Gasteiger charge is 2.13. The maximum Gasteiger partial charge on any atom is 0.224 e. The average molecular weight is 393 g/mol. The third kappa shape index (κ3) is 6.77. The highest BCUT2D eigenvalue weighted by molar-refractivity contribution is 9.10. The molecule has 0 fully saturated rings. The molecule has 0 aliphatic heterocycles. The number of halogens is 2. The normalized spacial score (nSPS) is 11.3. The Labute approximate surface area is 146 Å². The minimum Gasteiger partial charge on any atom is -0.355 e. The lowest BCUT2D eigenvalue weighted by Gasteiger charge is -2.18. The number of hydrogen-bond donors (Lipinski definition) is 2. The average Bonchev–Trinajstić information content (AvgIpc) is 2.48. The van der Waals surface area contributed by atoms with E-state index in [0.29, 0.717) is 19.6 Å². The molecular weight excluding hydrogens is 370 g/mol. The minimum atomic E-state index is -0.224. The van der Waals surface area contributed by atoms with Crippen LogP contribution in [-0.2, 0) is 16.1 Å². The summed E-state index contributed by atoms with van der Waals surface area (Å²) in [5, 5.41) is 2.72. The van der Waals surface area contributed by atoms with Gasteiger partial charge in [-0.25, -0.2) is 0 Å². The van der Waals surface area contributed by atoms with Crippen LogP contribution in [0.1, 0.15) is 18.9 Å². The number of benzene rings is 1. The van der Waals surface area contributed by atoms with Gasteiger partial charge in [-0.05, 0) is 11.6 Å². The molecule has 1 rings (SSSR count). The van der Waals surface area contributed by atoms with Crippen LogP contribution in [0.4, 0.5) is 0 Å². The molecule has 1 aromatic rings. The number of carbonyl (C=O) groups is 2. The smallest absolute Gasteiger partial charge is 0.224 e. The van der Waals surface area contributed by atoms with Gasteiger partial charge in [0.25, 0.3) is 0 Å². The maximum absolute atomic E-state index is 12.0. The molecule has 0 aliphatic rings. The lowest BCUT2D eigenvalue weighted by Crippen LogP contribution is -2.36. The van der Waals surface area contributed by atoms with Gasteiger partial charge in [-0.2, -0.15) is 0 Å². The first-order chi connectivity index (χ1) is 9.95. The SMILES string of the molecule is CC(CN)C(=O)NCCC(=O)N(C)Cc1ccccc1Br.Cl. The largest absolute Gasteiger partial charge is 0.355 e. The Kier molecular flexibility index (Phi) is 10.1. The van der Waals surface area contributed by atoms with Crippen LogP contribution in [0.25, 0.3) is 0 Å². The molecule has 1 atom stereocenters. The van der Waals surface area contributed by atoms with Crippen molar-refractivity contribution in [2.75, 3.05) is 20.1 Å². The van der Waals surface area contributed by atoms with Gasteiger partial charge in [-0.15, -0.1) is 12.4 Å². The summed E-state index contributed by atoms with van der Waals surface area (Å²) < 4.78 is 0.981. The van der Waals surface area contributed by atoms with Gasteiger partial charge in [-0.3, -0.25) is 9.59 Å². The first kappa shape index (κ1) is 20.9. The summed E-state index contributed by atoms with van der Waals surface area (Å²) in [5.74, 6) is -0.344. The van der Waals surface area contributed by atoms with Gasteiger partial charge >= 0.3 is 0 Å². The summed E-state index contributed by atoms with van der Waals surface area (Å²) in [4.78, 5) is 25.2. The van der Waals surface area contributed by atoms with Crippen molar-refractivity contribution in [3.05, 3.63) is 34.3 Å². The second kappa shape index (κ2) is 10.6. The van der Waals surface area contributed by atoms with Gasteiger partial charge in [0.05, 0.1) is 0 Å². The van der Waals surface area contributed by atoms with E-state index < -0.39 is 0 Å². The number of amides is 2. The number of nitrogens with two attached hydrogens (primary N) is 1. The molecule has 2 amide bonds. The fraction of sp³-hybridized carbons (Fsp3) is 0.467. The first-order valence-corrected chi connectivity index (χ1v) is 7.70. The Morgan fingerprint density at radius 2 is 2.00 bits per heavy atom. The molecular formula is C15H23BrClN3O2. The van der Waals surface area contributed by atoms with E-state index in [0.717, 1.165) is 10.0 Å². The predicted molar refractivity (Wildman–Crippen MR) is 93.7 cm³/mol. The van der Waals surface area contributed by atoms with Gasteiger partial charge in [0, 0.05) is 43.5 Å². The van der Waals surface area contributed by atoms with Crippen LogP contribution >= 0.6 is 28.3 Å². The lowest BCUT2D eigenvalue weighted by molar-refractivity contribution is -0.130.